The lowest BCUT2D eigenvalue weighted by Gasteiger charge is -2.29. The summed E-state index contributed by atoms with van der Waals surface area (Å²) in [6.07, 6.45) is 27.2. The minimum absolute atomic E-state index is 0.0111. The molecule has 0 aliphatic carbocycles. The highest BCUT2D eigenvalue weighted by molar-refractivity contribution is 5.70. The molecule has 4 heteroatoms. The molecule has 1 aliphatic rings. The number of phenolic OH excluding ortho intramolecular Hbond substituents is 2. The van der Waals surface area contributed by atoms with Gasteiger partial charge in [0.05, 0.1) is 0 Å². The lowest BCUT2D eigenvalue weighted by molar-refractivity contribution is 0.331. The van der Waals surface area contributed by atoms with Gasteiger partial charge in [0, 0.05) is 16.7 Å². The van der Waals surface area contributed by atoms with Gasteiger partial charge in [0.1, 0.15) is 0 Å². The average Bonchev–Trinajstić information content (AvgIpc) is 3.03. The van der Waals surface area contributed by atoms with E-state index in [1.807, 2.05) is 0 Å². The van der Waals surface area contributed by atoms with Crippen molar-refractivity contribution < 1.29 is 19.7 Å². The van der Waals surface area contributed by atoms with Crippen molar-refractivity contribution in [2.75, 3.05) is 0 Å². The van der Waals surface area contributed by atoms with Gasteiger partial charge in [-0.05, 0) is 63.0 Å². The number of benzene rings is 2. The van der Waals surface area contributed by atoms with Crippen LogP contribution in [0, 0.1) is 0 Å². The Labute approximate surface area is 270 Å². The molecule has 0 saturated carbocycles. The van der Waals surface area contributed by atoms with Gasteiger partial charge in [-0.1, -0.05) is 136 Å². The van der Waals surface area contributed by atoms with Crippen LogP contribution in [0.1, 0.15) is 178 Å². The summed E-state index contributed by atoms with van der Waals surface area (Å²) in [5, 5.41) is 22.7. The summed E-state index contributed by atoms with van der Waals surface area (Å²) in [4.78, 5) is 0. The Morgan fingerprint density at radius 2 is 0.795 bits per heavy atom. The molecule has 2 N–H and O–H groups in total. The monoisotopic (exact) mass is 608 g/mol. The van der Waals surface area contributed by atoms with E-state index in [1.165, 1.54) is 107 Å². The zero-order chi connectivity index (χ0) is 31.6. The fraction of sp³-hybridized carbons (Fsp3) is 0.700. The van der Waals surface area contributed by atoms with Crippen molar-refractivity contribution in [2.45, 2.75) is 182 Å². The zero-order valence-corrected chi connectivity index (χ0v) is 28.8. The fourth-order valence-corrected chi connectivity index (χ4v) is 6.65. The summed E-state index contributed by atoms with van der Waals surface area (Å²) in [7, 11) is 0. The molecule has 0 aromatic heterocycles. The van der Waals surface area contributed by atoms with Crippen LogP contribution in [0.3, 0.4) is 0 Å². The van der Waals surface area contributed by atoms with E-state index < -0.39 is 0 Å². The second-order valence-corrected chi connectivity index (χ2v) is 13.2. The molecule has 0 unspecified atom stereocenters. The van der Waals surface area contributed by atoms with Gasteiger partial charge in [-0.25, -0.2) is 0 Å². The number of hydrogen-bond acceptors (Lipinski definition) is 4. The van der Waals surface area contributed by atoms with Crippen LogP contribution in [-0.4, -0.2) is 10.2 Å². The summed E-state index contributed by atoms with van der Waals surface area (Å²) in [6, 6.07) is 4.34. The Bertz CT molecular complexity index is 1110. The van der Waals surface area contributed by atoms with Gasteiger partial charge in [0.2, 0.25) is 0 Å². The summed E-state index contributed by atoms with van der Waals surface area (Å²) >= 11 is 0. The molecule has 44 heavy (non-hydrogen) atoms. The van der Waals surface area contributed by atoms with Gasteiger partial charge in [-0.3, -0.25) is 0 Å². The van der Waals surface area contributed by atoms with Crippen LogP contribution in [-0.2, 0) is 25.7 Å². The predicted molar refractivity (Wildman–Crippen MR) is 186 cm³/mol. The lowest BCUT2D eigenvalue weighted by atomic mass is 9.93. The molecule has 1 aliphatic heterocycles. The van der Waals surface area contributed by atoms with Gasteiger partial charge in [-0.2, -0.15) is 0 Å². The van der Waals surface area contributed by atoms with Crippen molar-refractivity contribution in [3.05, 3.63) is 34.4 Å². The molecule has 2 aromatic carbocycles. The van der Waals surface area contributed by atoms with Gasteiger partial charge < -0.3 is 19.7 Å². The van der Waals surface area contributed by atoms with Gasteiger partial charge >= 0.3 is 0 Å². The third-order valence-electron chi connectivity index (χ3n) is 9.43. The van der Waals surface area contributed by atoms with Gasteiger partial charge in [0.25, 0.3) is 0 Å². The zero-order valence-electron chi connectivity index (χ0n) is 28.8. The molecular weight excluding hydrogens is 544 g/mol. The number of unbranched alkanes of at least 4 members (excludes halogenated alkanes) is 16. The number of aromatic hydroxyl groups is 2. The minimum Gasteiger partial charge on any atom is -0.504 e. The second kappa shape index (κ2) is 20.6. The van der Waals surface area contributed by atoms with E-state index in [1.54, 1.807) is 0 Å². The first-order valence-electron chi connectivity index (χ1n) is 18.7. The van der Waals surface area contributed by atoms with Crippen molar-refractivity contribution in [2.24, 2.45) is 0 Å². The van der Waals surface area contributed by atoms with Gasteiger partial charge in [-0.15, -0.1) is 0 Å². The molecule has 0 saturated heterocycles. The van der Waals surface area contributed by atoms with Crippen LogP contribution in [0.5, 0.6) is 34.5 Å². The number of fused-ring (bicyclic) bond motifs is 2. The smallest absolute Gasteiger partial charge is 0.177 e. The molecule has 0 fully saturated rings. The molecule has 0 amide bonds. The van der Waals surface area contributed by atoms with Crippen molar-refractivity contribution in [3.63, 3.8) is 0 Å². The maximum Gasteiger partial charge on any atom is 0.177 e. The van der Waals surface area contributed by atoms with Crippen LogP contribution >= 0.6 is 0 Å². The SMILES string of the molecule is CCCCCCCc1ccc2c(c1CCCCCCC)Oc1c(CCCCCCC)c(O)c(O)c(CCCCCCC)c1O2. The molecule has 2 aromatic rings. The molecule has 0 radical (unpaired) electrons. The van der Waals surface area contributed by atoms with E-state index in [2.05, 4.69) is 39.8 Å². The first kappa shape index (κ1) is 36.1. The number of phenols is 2. The molecule has 4 nitrogen and oxygen atoms in total. The quantitative estimate of drug-likeness (QED) is 0.0784. The van der Waals surface area contributed by atoms with E-state index in [9.17, 15) is 10.2 Å². The van der Waals surface area contributed by atoms with Crippen LogP contribution in [0.25, 0.3) is 0 Å². The van der Waals surface area contributed by atoms with Crippen molar-refractivity contribution >= 4 is 0 Å². The predicted octanol–water partition coefficient (Wildman–Crippen LogP) is 13.0. The highest BCUT2D eigenvalue weighted by Gasteiger charge is 2.32. The molecule has 3 rings (SSSR count). The summed E-state index contributed by atoms with van der Waals surface area (Å²) in [5.41, 5.74) is 4.05. The maximum absolute atomic E-state index is 11.4. The van der Waals surface area contributed by atoms with E-state index in [4.69, 9.17) is 9.47 Å². The Morgan fingerprint density at radius 3 is 1.25 bits per heavy atom. The Morgan fingerprint density at radius 1 is 0.409 bits per heavy atom. The molecule has 0 spiro atoms. The van der Waals surface area contributed by atoms with Crippen LogP contribution in [0.4, 0.5) is 0 Å². The van der Waals surface area contributed by atoms with Crippen LogP contribution in [0.15, 0.2) is 12.1 Å². The first-order valence-corrected chi connectivity index (χ1v) is 18.7. The van der Waals surface area contributed by atoms with Crippen molar-refractivity contribution in [3.8, 4) is 34.5 Å². The number of rotatable bonds is 24. The summed E-state index contributed by atoms with van der Waals surface area (Å²) in [6.45, 7) is 8.98. The topological polar surface area (TPSA) is 58.9 Å². The van der Waals surface area contributed by atoms with Crippen molar-refractivity contribution in [1.82, 2.24) is 0 Å². The summed E-state index contributed by atoms with van der Waals surface area (Å²) in [5.74, 6) is 2.82. The molecule has 0 atom stereocenters. The Hall–Kier alpha value is -2.36. The normalized spacial score (nSPS) is 12.1. The Kier molecular flexibility index (Phi) is 16.9. The number of hydrogen-bond donors (Lipinski definition) is 2. The highest BCUT2D eigenvalue weighted by Crippen LogP contribution is 2.56. The fourth-order valence-electron chi connectivity index (χ4n) is 6.65. The molecular formula is C40H64O4. The molecule has 248 valence electrons. The third-order valence-corrected chi connectivity index (χ3v) is 9.43. The van der Waals surface area contributed by atoms with E-state index in [0.717, 1.165) is 56.4 Å². The first-order chi connectivity index (χ1) is 21.6. The largest absolute Gasteiger partial charge is 0.504 e. The van der Waals surface area contributed by atoms with E-state index in [0.29, 0.717) is 35.5 Å². The summed E-state index contributed by atoms with van der Waals surface area (Å²) < 4.78 is 13.6. The number of aryl methyl sites for hydroxylation is 1. The third kappa shape index (κ3) is 10.6. The average molecular weight is 609 g/mol. The van der Waals surface area contributed by atoms with Gasteiger partial charge in [0.15, 0.2) is 34.5 Å². The standard InChI is InChI=1S/C40H64O4/c1-5-9-13-17-21-25-31-29-30-35-38(32(31)26-22-18-14-10-6-2)44-40-34(28-24-20-16-12-8-4)37(42)36(41)33(39(40)43-35)27-23-19-15-11-7-3/h29-30,41-42H,5-28H2,1-4H3. The van der Waals surface area contributed by atoms with Crippen LogP contribution < -0.4 is 9.47 Å². The number of ether oxygens (including phenoxy) is 2. The van der Waals surface area contributed by atoms with E-state index >= 15 is 0 Å². The van der Waals surface area contributed by atoms with Crippen LogP contribution in [0.2, 0.25) is 0 Å². The molecule has 1 heterocycles. The van der Waals surface area contributed by atoms with Crippen molar-refractivity contribution in [1.29, 1.82) is 0 Å². The highest BCUT2D eigenvalue weighted by atomic mass is 16.6. The van der Waals surface area contributed by atoms with E-state index in [-0.39, 0.29) is 11.5 Å². The lowest BCUT2D eigenvalue weighted by Crippen LogP contribution is -2.10. The second-order valence-electron chi connectivity index (χ2n) is 13.2. The minimum atomic E-state index is -0.0188. The maximum atomic E-state index is 11.4. The molecule has 0 bridgehead atoms. The Balaban J connectivity index is 1.95.